The van der Waals surface area contributed by atoms with Crippen LogP contribution in [-0.4, -0.2) is 14.5 Å². The van der Waals surface area contributed by atoms with Gasteiger partial charge in [-0.2, -0.15) is 0 Å². The lowest BCUT2D eigenvalue weighted by Gasteiger charge is -2.23. The van der Waals surface area contributed by atoms with Gasteiger partial charge in [-0.3, -0.25) is 0 Å². The molecule has 1 aliphatic carbocycles. The maximum atomic E-state index is 5.30. The van der Waals surface area contributed by atoms with Crippen LogP contribution in [0.3, 0.4) is 0 Å². The summed E-state index contributed by atoms with van der Waals surface area (Å²) in [5, 5.41) is 7.36. The van der Waals surface area contributed by atoms with Crippen molar-refractivity contribution >= 4 is 48.9 Å². The molecule has 8 aromatic carbocycles. The number of nitrogens with zero attached hydrogens (tertiary/aromatic N) is 3. The fourth-order valence-electron chi connectivity index (χ4n) is 9.11. The predicted octanol–water partition coefficient (Wildman–Crippen LogP) is 14.2. The van der Waals surface area contributed by atoms with Gasteiger partial charge in [0.1, 0.15) is 0 Å². The van der Waals surface area contributed by atoms with E-state index in [0.717, 1.165) is 53.2 Å². The quantitative estimate of drug-likeness (QED) is 0.171. The monoisotopic (exact) mass is 729 g/mol. The highest BCUT2D eigenvalue weighted by molar-refractivity contribution is 6.09. The van der Waals surface area contributed by atoms with Gasteiger partial charge in [0, 0.05) is 33.2 Å². The van der Waals surface area contributed by atoms with Crippen LogP contribution in [0, 0.1) is 0 Å². The van der Waals surface area contributed by atoms with Crippen LogP contribution in [0.25, 0.3) is 88.5 Å². The number of hydrogen-bond donors (Lipinski definition) is 0. The summed E-state index contributed by atoms with van der Waals surface area (Å²) in [6.45, 7) is 0. The Morgan fingerprint density at radius 3 is 1.60 bits per heavy atom. The average molecular weight is 730 g/mol. The normalized spacial score (nSPS) is 14.4. The molecule has 0 saturated heterocycles. The van der Waals surface area contributed by atoms with E-state index in [9.17, 15) is 0 Å². The Balaban J connectivity index is 0.919. The van der Waals surface area contributed by atoms with E-state index >= 15 is 0 Å². The Bertz CT molecular complexity index is 3010. The van der Waals surface area contributed by atoms with Crippen molar-refractivity contribution in [2.24, 2.45) is 0 Å². The van der Waals surface area contributed by atoms with Gasteiger partial charge in [0.25, 0.3) is 0 Å². The van der Waals surface area contributed by atoms with E-state index in [1.807, 2.05) is 0 Å². The highest BCUT2D eigenvalue weighted by Gasteiger charge is 2.20. The number of hydrogen-bond acceptors (Lipinski definition) is 2. The summed E-state index contributed by atoms with van der Waals surface area (Å²) in [4.78, 5) is 10.6. The predicted molar refractivity (Wildman–Crippen MR) is 239 cm³/mol. The first-order chi connectivity index (χ1) is 28.2. The van der Waals surface area contributed by atoms with Crippen LogP contribution in [0.2, 0.25) is 0 Å². The van der Waals surface area contributed by atoms with Crippen LogP contribution in [0.15, 0.2) is 194 Å². The van der Waals surface area contributed by atoms with Gasteiger partial charge in [-0.15, -0.1) is 0 Å². The molecule has 0 spiro atoms. The minimum Gasteiger partial charge on any atom is -0.309 e. The molecule has 3 heteroatoms. The summed E-state index contributed by atoms with van der Waals surface area (Å²) < 4.78 is 2.39. The Hall–Kier alpha value is -7.10. The number of rotatable bonds is 6. The molecule has 3 nitrogen and oxygen atoms in total. The zero-order valence-electron chi connectivity index (χ0n) is 31.5. The summed E-state index contributed by atoms with van der Waals surface area (Å²) in [7, 11) is 0. The molecule has 0 N–H and O–H groups in total. The second kappa shape index (κ2) is 13.9. The van der Waals surface area contributed by atoms with E-state index in [-0.39, 0.29) is 0 Å². The van der Waals surface area contributed by atoms with Crippen LogP contribution in [0.4, 0.5) is 0 Å². The molecule has 0 radical (unpaired) electrons. The lowest BCUT2D eigenvalue weighted by molar-refractivity contribution is 0.626. The Labute approximate surface area is 332 Å². The Morgan fingerprint density at radius 2 is 1.00 bits per heavy atom. The first-order valence-corrected chi connectivity index (χ1v) is 20.0. The van der Waals surface area contributed by atoms with Crippen molar-refractivity contribution in [3.05, 3.63) is 205 Å². The molecular formula is C54H39N3. The van der Waals surface area contributed by atoms with Gasteiger partial charge >= 0.3 is 0 Å². The number of para-hydroxylation sites is 2. The number of benzene rings is 8. The van der Waals surface area contributed by atoms with Crippen molar-refractivity contribution in [2.45, 2.75) is 25.2 Å². The highest BCUT2D eigenvalue weighted by Crippen LogP contribution is 2.39. The molecule has 1 aliphatic rings. The molecule has 1 atom stereocenters. The minimum atomic E-state index is 0.435. The van der Waals surface area contributed by atoms with Crippen molar-refractivity contribution in [1.82, 2.24) is 14.5 Å². The topological polar surface area (TPSA) is 30.7 Å². The third-order valence-electron chi connectivity index (χ3n) is 12.0. The van der Waals surface area contributed by atoms with Gasteiger partial charge in [-0.05, 0) is 99.8 Å². The zero-order valence-corrected chi connectivity index (χ0v) is 31.5. The molecule has 11 rings (SSSR count). The maximum Gasteiger partial charge on any atom is 0.160 e. The molecule has 0 amide bonds. The smallest absolute Gasteiger partial charge is 0.160 e. The SMILES string of the molecule is C1=C(c2ccc(-n3c4ccccc4c4ccccc43)cc2)CCC(c2cccc(-c3nc(-c4cccc5ccccc45)cc(-c4cccc5ccccc45)n3)c2)C1. The largest absolute Gasteiger partial charge is 0.309 e. The standard InChI is InChI=1S/C54H39N3/c1-3-18-44-39(12-1)14-10-22-46(44)50-35-51(47-23-11-15-40-13-2-4-19-45(40)47)56-54(55-50)42-17-9-16-41(34-42)38-28-26-36(27-29-38)37-30-32-43(33-31-37)57-52-24-7-5-20-48(52)49-21-6-8-25-53(49)57/h1-26,30-35,38H,27-29H2. The van der Waals surface area contributed by atoms with Gasteiger partial charge in [-0.1, -0.05) is 158 Å². The van der Waals surface area contributed by atoms with E-state index in [4.69, 9.17) is 9.97 Å². The number of fused-ring (bicyclic) bond motifs is 5. The molecule has 2 heterocycles. The average Bonchev–Trinajstić information content (AvgIpc) is 3.63. The summed E-state index contributed by atoms with van der Waals surface area (Å²) in [6.07, 6.45) is 5.61. The Kier molecular flexibility index (Phi) is 8.10. The molecule has 0 fully saturated rings. The summed E-state index contributed by atoms with van der Waals surface area (Å²) in [5.41, 5.74) is 12.9. The van der Waals surface area contributed by atoms with Gasteiger partial charge in [0.2, 0.25) is 0 Å². The molecule has 0 saturated carbocycles. The molecule has 10 aromatic rings. The number of aromatic nitrogens is 3. The molecular weight excluding hydrogens is 691 g/mol. The highest BCUT2D eigenvalue weighted by atomic mass is 15.0. The van der Waals surface area contributed by atoms with Crippen LogP contribution in [0.1, 0.15) is 36.3 Å². The van der Waals surface area contributed by atoms with E-state index in [1.54, 1.807) is 0 Å². The first kappa shape index (κ1) is 33.3. The number of allylic oxidation sites excluding steroid dienone is 2. The minimum absolute atomic E-state index is 0.435. The second-order valence-electron chi connectivity index (χ2n) is 15.3. The lowest BCUT2D eigenvalue weighted by atomic mass is 9.82. The summed E-state index contributed by atoms with van der Waals surface area (Å²) >= 11 is 0. The fraction of sp³-hybridized carbons (Fsp3) is 0.0741. The van der Waals surface area contributed by atoms with Crippen molar-refractivity contribution in [3.63, 3.8) is 0 Å². The van der Waals surface area contributed by atoms with Gasteiger partial charge < -0.3 is 4.57 Å². The molecule has 2 aromatic heterocycles. The summed E-state index contributed by atoms with van der Waals surface area (Å²) in [6, 6.07) is 67.8. The van der Waals surface area contributed by atoms with E-state index in [2.05, 4.69) is 199 Å². The first-order valence-electron chi connectivity index (χ1n) is 20.0. The molecule has 0 bridgehead atoms. The van der Waals surface area contributed by atoms with Gasteiger partial charge in [0.05, 0.1) is 22.4 Å². The van der Waals surface area contributed by atoms with Crippen LogP contribution < -0.4 is 0 Å². The van der Waals surface area contributed by atoms with Crippen LogP contribution in [0.5, 0.6) is 0 Å². The molecule has 270 valence electrons. The van der Waals surface area contributed by atoms with Crippen LogP contribution in [-0.2, 0) is 0 Å². The molecule has 1 unspecified atom stereocenters. The third-order valence-corrected chi connectivity index (χ3v) is 12.0. The van der Waals surface area contributed by atoms with E-state index in [0.29, 0.717) is 5.92 Å². The third kappa shape index (κ3) is 5.91. The van der Waals surface area contributed by atoms with Crippen molar-refractivity contribution in [2.75, 3.05) is 0 Å². The van der Waals surface area contributed by atoms with E-state index in [1.165, 1.54) is 65.7 Å². The molecule has 0 aliphatic heterocycles. The summed E-state index contributed by atoms with van der Waals surface area (Å²) in [5.74, 6) is 1.19. The zero-order chi connectivity index (χ0) is 37.7. The maximum absolute atomic E-state index is 5.30. The van der Waals surface area contributed by atoms with Crippen molar-refractivity contribution in [1.29, 1.82) is 0 Å². The molecule has 57 heavy (non-hydrogen) atoms. The van der Waals surface area contributed by atoms with Gasteiger partial charge in [0.15, 0.2) is 5.82 Å². The second-order valence-corrected chi connectivity index (χ2v) is 15.3. The van der Waals surface area contributed by atoms with Crippen molar-refractivity contribution < 1.29 is 0 Å². The Morgan fingerprint density at radius 1 is 0.456 bits per heavy atom. The van der Waals surface area contributed by atoms with E-state index < -0.39 is 0 Å². The van der Waals surface area contributed by atoms with Crippen molar-refractivity contribution in [3.8, 4) is 39.6 Å². The lowest BCUT2D eigenvalue weighted by Crippen LogP contribution is -2.05. The van der Waals surface area contributed by atoms with Gasteiger partial charge in [-0.25, -0.2) is 9.97 Å². The fourth-order valence-corrected chi connectivity index (χ4v) is 9.11. The van der Waals surface area contributed by atoms with Crippen LogP contribution >= 0.6 is 0 Å².